The van der Waals surface area contributed by atoms with E-state index in [0.717, 1.165) is 11.8 Å². The quantitative estimate of drug-likeness (QED) is 0.288. The molecule has 0 aliphatic carbocycles. The summed E-state index contributed by atoms with van der Waals surface area (Å²) in [6.07, 6.45) is 0. The molecule has 2 aromatic carbocycles. The first-order valence-electron chi connectivity index (χ1n) is 10.1. The number of carbonyl (C=O) groups is 3. The topological polar surface area (TPSA) is 143 Å². The standard InChI is InChI=1S/C22H21FN4O6S/c1-3-32-17-6-5-12(10-16(17)23)19-25-22(27-26-19)34-11-18(28)24-15-8-13(20(29)30)7-14(9-15)21(31)33-4-2/h5-10H,3-4,11H2,1-2H3,(H,24,28)(H,29,30)(H,25,26,27). The summed E-state index contributed by atoms with van der Waals surface area (Å²) < 4.78 is 24.1. The van der Waals surface area contributed by atoms with Gasteiger partial charge in [0.05, 0.1) is 30.1 Å². The maximum Gasteiger partial charge on any atom is 0.338 e. The van der Waals surface area contributed by atoms with Gasteiger partial charge in [0.2, 0.25) is 11.1 Å². The number of esters is 1. The van der Waals surface area contributed by atoms with E-state index in [1.54, 1.807) is 19.9 Å². The number of benzene rings is 2. The molecule has 34 heavy (non-hydrogen) atoms. The summed E-state index contributed by atoms with van der Waals surface area (Å²) >= 11 is 1.02. The number of H-pyrrole nitrogens is 1. The van der Waals surface area contributed by atoms with E-state index in [-0.39, 0.29) is 40.1 Å². The predicted molar refractivity (Wildman–Crippen MR) is 122 cm³/mol. The number of amides is 1. The molecule has 0 fully saturated rings. The zero-order valence-corrected chi connectivity index (χ0v) is 19.1. The van der Waals surface area contributed by atoms with E-state index in [0.29, 0.717) is 18.0 Å². The van der Waals surface area contributed by atoms with Crippen LogP contribution in [0.25, 0.3) is 11.4 Å². The second kappa shape index (κ2) is 11.3. The molecule has 3 aromatic rings. The van der Waals surface area contributed by atoms with Crippen molar-refractivity contribution in [2.45, 2.75) is 19.0 Å². The molecular formula is C22H21FN4O6S. The monoisotopic (exact) mass is 488 g/mol. The Kier molecular flexibility index (Phi) is 8.19. The highest BCUT2D eigenvalue weighted by atomic mass is 32.2. The summed E-state index contributed by atoms with van der Waals surface area (Å²) in [5.74, 6) is -2.60. The molecule has 0 radical (unpaired) electrons. The zero-order chi connectivity index (χ0) is 24.7. The number of nitrogens with one attached hydrogen (secondary N) is 2. The fraction of sp³-hybridized carbons (Fsp3) is 0.227. The molecule has 3 N–H and O–H groups in total. The molecule has 12 heteroatoms. The highest BCUT2D eigenvalue weighted by Crippen LogP contribution is 2.25. The van der Waals surface area contributed by atoms with E-state index in [4.69, 9.17) is 9.47 Å². The second-order valence-electron chi connectivity index (χ2n) is 6.71. The van der Waals surface area contributed by atoms with Crippen LogP contribution in [0.5, 0.6) is 5.75 Å². The number of hydrogen-bond acceptors (Lipinski definition) is 8. The first-order chi connectivity index (χ1) is 16.3. The maximum absolute atomic E-state index is 14.1. The van der Waals surface area contributed by atoms with E-state index >= 15 is 0 Å². The summed E-state index contributed by atoms with van der Waals surface area (Å²) in [6, 6.07) is 8.13. The van der Waals surface area contributed by atoms with Gasteiger partial charge in [-0.3, -0.25) is 9.89 Å². The van der Waals surface area contributed by atoms with Crippen LogP contribution in [0.1, 0.15) is 34.6 Å². The van der Waals surface area contributed by atoms with Gasteiger partial charge in [-0.05, 0) is 50.2 Å². The Morgan fingerprint density at radius 3 is 2.56 bits per heavy atom. The van der Waals surface area contributed by atoms with Crippen LogP contribution in [0.3, 0.4) is 0 Å². The predicted octanol–water partition coefficient (Wildman–Crippen LogP) is 3.62. The lowest BCUT2D eigenvalue weighted by molar-refractivity contribution is -0.113. The van der Waals surface area contributed by atoms with E-state index < -0.39 is 23.7 Å². The Labute approximate surface area is 197 Å². The van der Waals surface area contributed by atoms with Gasteiger partial charge in [0.15, 0.2) is 17.4 Å². The lowest BCUT2D eigenvalue weighted by Crippen LogP contribution is -2.16. The SMILES string of the molecule is CCOC(=O)c1cc(NC(=O)CSc2n[nH]c(-c3ccc(OCC)c(F)c3)n2)cc(C(=O)O)c1. The van der Waals surface area contributed by atoms with Crippen LogP contribution in [0.4, 0.5) is 10.1 Å². The Bertz CT molecular complexity index is 1220. The number of halogens is 1. The fourth-order valence-electron chi connectivity index (χ4n) is 2.84. The van der Waals surface area contributed by atoms with Crippen LogP contribution in [0.15, 0.2) is 41.6 Å². The number of carbonyl (C=O) groups excluding carboxylic acids is 2. The zero-order valence-electron chi connectivity index (χ0n) is 18.3. The van der Waals surface area contributed by atoms with E-state index in [9.17, 15) is 23.9 Å². The maximum atomic E-state index is 14.1. The van der Waals surface area contributed by atoms with Gasteiger partial charge < -0.3 is 19.9 Å². The lowest BCUT2D eigenvalue weighted by atomic mass is 10.1. The van der Waals surface area contributed by atoms with Crippen molar-refractivity contribution in [2.24, 2.45) is 0 Å². The van der Waals surface area contributed by atoms with Gasteiger partial charge in [0, 0.05) is 11.3 Å². The summed E-state index contributed by atoms with van der Waals surface area (Å²) in [4.78, 5) is 39.9. The van der Waals surface area contributed by atoms with Crippen LogP contribution >= 0.6 is 11.8 Å². The highest BCUT2D eigenvalue weighted by molar-refractivity contribution is 7.99. The second-order valence-corrected chi connectivity index (χ2v) is 7.65. The number of rotatable bonds is 10. The van der Waals surface area contributed by atoms with Crippen molar-refractivity contribution in [3.05, 3.63) is 53.3 Å². The lowest BCUT2D eigenvalue weighted by Gasteiger charge is -2.09. The molecule has 3 rings (SSSR count). The number of carboxylic acids is 1. The minimum absolute atomic E-state index is 0.00546. The van der Waals surface area contributed by atoms with E-state index in [1.807, 2.05) is 0 Å². The van der Waals surface area contributed by atoms with Gasteiger partial charge in [-0.15, -0.1) is 5.10 Å². The molecule has 1 amide bonds. The van der Waals surface area contributed by atoms with Crippen molar-refractivity contribution in [3.8, 4) is 17.1 Å². The van der Waals surface area contributed by atoms with Crippen LogP contribution in [0.2, 0.25) is 0 Å². The Hall–Kier alpha value is -3.93. The van der Waals surface area contributed by atoms with Crippen molar-refractivity contribution in [1.82, 2.24) is 15.2 Å². The minimum Gasteiger partial charge on any atom is -0.491 e. The van der Waals surface area contributed by atoms with Crippen LogP contribution in [-0.2, 0) is 9.53 Å². The van der Waals surface area contributed by atoms with Crippen molar-refractivity contribution < 1.29 is 33.4 Å². The summed E-state index contributed by atoms with van der Waals surface area (Å²) in [6.45, 7) is 3.84. The first-order valence-corrected chi connectivity index (χ1v) is 11.1. The number of hydrogen-bond donors (Lipinski definition) is 3. The first kappa shape index (κ1) is 24.7. The number of ether oxygens (including phenoxy) is 2. The number of aromatic amines is 1. The average molecular weight is 488 g/mol. The molecule has 0 atom stereocenters. The molecule has 0 spiro atoms. The van der Waals surface area contributed by atoms with Gasteiger partial charge in [-0.1, -0.05) is 11.8 Å². The van der Waals surface area contributed by atoms with Crippen molar-refractivity contribution in [3.63, 3.8) is 0 Å². The van der Waals surface area contributed by atoms with E-state index in [1.165, 1.54) is 30.3 Å². The average Bonchev–Trinajstić information content (AvgIpc) is 3.28. The molecule has 1 aromatic heterocycles. The summed E-state index contributed by atoms with van der Waals surface area (Å²) in [5.41, 5.74) is 0.427. The third-order valence-corrected chi connectivity index (χ3v) is 5.12. The van der Waals surface area contributed by atoms with Gasteiger partial charge >= 0.3 is 11.9 Å². The molecular weight excluding hydrogens is 467 g/mol. The van der Waals surface area contributed by atoms with Crippen molar-refractivity contribution in [1.29, 1.82) is 0 Å². The molecule has 1 heterocycles. The fourth-order valence-corrected chi connectivity index (χ4v) is 3.44. The number of nitrogens with zero attached hydrogens (tertiary/aromatic N) is 2. The van der Waals surface area contributed by atoms with Gasteiger partial charge in [-0.2, -0.15) is 0 Å². The Morgan fingerprint density at radius 1 is 1.12 bits per heavy atom. The third-order valence-electron chi connectivity index (χ3n) is 4.28. The number of aromatic carboxylic acids is 1. The molecule has 0 aliphatic heterocycles. The smallest absolute Gasteiger partial charge is 0.338 e. The van der Waals surface area contributed by atoms with Crippen molar-refractivity contribution in [2.75, 3.05) is 24.3 Å². The molecule has 0 bridgehead atoms. The normalized spacial score (nSPS) is 10.6. The minimum atomic E-state index is -1.25. The molecule has 0 saturated carbocycles. The van der Waals surface area contributed by atoms with Gasteiger partial charge in [0.1, 0.15) is 0 Å². The van der Waals surface area contributed by atoms with Crippen molar-refractivity contribution >= 4 is 35.3 Å². The largest absolute Gasteiger partial charge is 0.491 e. The van der Waals surface area contributed by atoms with Gasteiger partial charge in [0.25, 0.3) is 0 Å². The molecule has 0 unspecified atom stereocenters. The molecule has 10 nitrogen and oxygen atoms in total. The van der Waals surface area contributed by atoms with Gasteiger partial charge in [-0.25, -0.2) is 19.0 Å². The van der Waals surface area contributed by atoms with Crippen LogP contribution < -0.4 is 10.1 Å². The number of aromatic nitrogens is 3. The number of carboxylic acid groups (broad SMARTS) is 1. The van der Waals surface area contributed by atoms with E-state index in [2.05, 4.69) is 20.5 Å². The Balaban J connectivity index is 1.65. The third kappa shape index (κ3) is 6.32. The molecule has 0 aliphatic rings. The van der Waals surface area contributed by atoms with Crippen LogP contribution in [-0.4, -0.2) is 57.1 Å². The molecule has 0 saturated heterocycles. The van der Waals surface area contributed by atoms with Crippen LogP contribution in [0, 0.1) is 5.82 Å². The summed E-state index contributed by atoms with van der Waals surface area (Å²) in [5, 5.41) is 18.8. The summed E-state index contributed by atoms with van der Waals surface area (Å²) in [7, 11) is 0. The number of thioether (sulfide) groups is 1. The molecule has 178 valence electrons. The number of anilines is 1. The highest BCUT2D eigenvalue weighted by Gasteiger charge is 2.16. The Morgan fingerprint density at radius 2 is 1.88 bits per heavy atom.